The van der Waals surface area contributed by atoms with Crippen molar-refractivity contribution in [1.29, 1.82) is 0 Å². The second kappa shape index (κ2) is 8.77. The van der Waals surface area contributed by atoms with Gasteiger partial charge in [0.25, 0.3) is 5.56 Å². The highest BCUT2D eigenvalue weighted by Crippen LogP contribution is 2.25. The third-order valence-electron chi connectivity index (χ3n) is 5.03. The minimum absolute atomic E-state index is 0.0916. The molecule has 1 N–H and O–H groups in total. The maximum absolute atomic E-state index is 12.9. The number of aryl methyl sites for hydroxylation is 1. The number of hydrogen-bond donors (Lipinski definition) is 1. The number of rotatable bonds is 7. The van der Waals surface area contributed by atoms with Gasteiger partial charge in [0.15, 0.2) is 5.16 Å². The second-order valence-electron chi connectivity index (χ2n) is 7.30. The van der Waals surface area contributed by atoms with Crippen LogP contribution in [-0.4, -0.2) is 30.3 Å². The summed E-state index contributed by atoms with van der Waals surface area (Å²) in [5, 5.41) is 12.2. The standard InChI is InChI=1S/C23H23N5O2S/c1-4-13-27-21(30)18-7-5-6-8-19(18)28-22(27)25-26-23(28)31-16(3)20(29)24-14-17-11-9-15(2)10-12-17/h4-12,16H,1,13-14H2,2-3H3,(H,24,29). The van der Waals surface area contributed by atoms with Gasteiger partial charge in [-0.15, -0.1) is 16.8 Å². The van der Waals surface area contributed by atoms with E-state index in [-0.39, 0.29) is 11.5 Å². The zero-order valence-corrected chi connectivity index (χ0v) is 18.2. The SMILES string of the molecule is C=CCn1c(=O)c2ccccc2n2c(SC(C)C(=O)NCc3ccc(C)cc3)nnc12. The number of thioether (sulfide) groups is 1. The number of fused-ring (bicyclic) bond motifs is 3. The molecule has 1 amide bonds. The average molecular weight is 434 g/mol. The van der Waals surface area contributed by atoms with Crippen molar-refractivity contribution in [2.24, 2.45) is 0 Å². The molecule has 1 atom stereocenters. The molecule has 2 aromatic carbocycles. The van der Waals surface area contributed by atoms with Gasteiger partial charge in [-0.1, -0.05) is 59.8 Å². The number of aromatic nitrogens is 4. The van der Waals surface area contributed by atoms with Gasteiger partial charge in [-0.25, -0.2) is 0 Å². The first-order chi connectivity index (χ1) is 15.0. The fourth-order valence-electron chi connectivity index (χ4n) is 3.35. The van der Waals surface area contributed by atoms with E-state index in [2.05, 4.69) is 22.1 Å². The fourth-order valence-corrected chi connectivity index (χ4v) is 4.23. The first-order valence-electron chi connectivity index (χ1n) is 9.97. The largest absolute Gasteiger partial charge is 0.351 e. The molecule has 0 bridgehead atoms. The van der Waals surface area contributed by atoms with Crippen molar-refractivity contribution in [3.05, 3.63) is 82.7 Å². The molecule has 0 saturated carbocycles. The number of carbonyl (C=O) groups is 1. The van der Waals surface area contributed by atoms with Crippen LogP contribution in [0.25, 0.3) is 16.7 Å². The Hall–Kier alpha value is -3.39. The van der Waals surface area contributed by atoms with Crippen molar-refractivity contribution in [2.45, 2.75) is 37.3 Å². The minimum Gasteiger partial charge on any atom is -0.351 e. The molecule has 0 radical (unpaired) electrons. The Bertz CT molecular complexity index is 1320. The summed E-state index contributed by atoms with van der Waals surface area (Å²) in [6.07, 6.45) is 1.65. The van der Waals surface area contributed by atoms with Crippen molar-refractivity contribution in [3.8, 4) is 0 Å². The molecule has 158 valence electrons. The highest BCUT2D eigenvalue weighted by molar-refractivity contribution is 8.00. The minimum atomic E-state index is -0.392. The van der Waals surface area contributed by atoms with E-state index in [1.165, 1.54) is 21.9 Å². The number of carbonyl (C=O) groups excluding carboxylic acids is 1. The van der Waals surface area contributed by atoms with Gasteiger partial charge in [-0.05, 0) is 31.5 Å². The smallest absolute Gasteiger partial charge is 0.263 e. The summed E-state index contributed by atoms with van der Waals surface area (Å²) >= 11 is 1.31. The quantitative estimate of drug-likeness (QED) is 0.357. The Morgan fingerprint density at radius 3 is 2.68 bits per heavy atom. The van der Waals surface area contributed by atoms with E-state index in [9.17, 15) is 9.59 Å². The number of amides is 1. The molecular weight excluding hydrogens is 410 g/mol. The first-order valence-corrected chi connectivity index (χ1v) is 10.8. The maximum Gasteiger partial charge on any atom is 0.263 e. The number of nitrogens with zero attached hydrogens (tertiary/aromatic N) is 4. The maximum atomic E-state index is 12.9. The molecule has 0 fully saturated rings. The van der Waals surface area contributed by atoms with Crippen LogP contribution in [0, 0.1) is 6.92 Å². The van der Waals surface area contributed by atoms with Crippen molar-refractivity contribution < 1.29 is 4.79 Å². The zero-order valence-electron chi connectivity index (χ0n) is 17.4. The van der Waals surface area contributed by atoms with E-state index in [0.717, 1.165) is 5.56 Å². The molecular formula is C23H23N5O2S. The summed E-state index contributed by atoms with van der Waals surface area (Å²) < 4.78 is 3.36. The molecule has 2 aromatic heterocycles. The van der Waals surface area contributed by atoms with E-state index in [1.54, 1.807) is 12.1 Å². The summed E-state index contributed by atoms with van der Waals surface area (Å²) in [5.74, 6) is 0.337. The highest BCUT2D eigenvalue weighted by atomic mass is 32.2. The number of para-hydroxylation sites is 1. The van der Waals surface area contributed by atoms with Gasteiger partial charge in [0, 0.05) is 13.1 Å². The third kappa shape index (κ3) is 4.11. The molecule has 7 nitrogen and oxygen atoms in total. The number of benzene rings is 2. The number of hydrogen-bond acceptors (Lipinski definition) is 5. The lowest BCUT2D eigenvalue weighted by Crippen LogP contribution is -2.30. The van der Waals surface area contributed by atoms with Gasteiger partial charge >= 0.3 is 0 Å². The van der Waals surface area contributed by atoms with Crippen LogP contribution in [0.15, 0.2) is 71.1 Å². The summed E-state index contributed by atoms with van der Waals surface area (Å²) in [6, 6.07) is 15.4. The van der Waals surface area contributed by atoms with Crippen molar-refractivity contribution in [2.75, 3.05) is 0 Å². The third-order valence-corrected chi connectivity index (χ3v) is 6.07. The number of allylic oxidation sites excluding steroid dienone is 1. The Morgan fingerprint density at radius 2 is 1.94 bits per heavy atom. The second-order valence-corrected chi connectivity index (χ2v) is 8.61. The molecule has 0 aliphatic carbocycles. The summed E-state index contributed by atoms with van der Waals surface area (Å²) in [5.41, 5.74) is 2.79. The molecule has 0 aliphatic rings. The molecule has 31 heavy (non-hydrogen) atoms. The summed E-state index contributed by atoms with van der Waals surface area (Å²) in [7, 11) is 0. The van der Waals surface area contributed by atoms with Gasteiger partial charge < -0.3 is 5.32 Å². The van der Waals surface area contributed by atoms with Crippen LogP contribution in [0.4, 0.5) is 0 Å². The van der Waals surface area contributed by atoms with Crippen molar-refractivity contribution >= 4 is 34.3 Å². The lowest BCUT2D eigenvalue weighted by atomic mass is 10.1. The first kappa shape index (κ1) is 20.9. The lowest BCUT2D eigenvalue weighted by Gasteiger charge is -2.13. The van der Waals surface area contributed by atoms with E-state index >= 15 is 0 Å². The fraction of sp³-hybridized carbons (Fsp3) is 0.217. The molecule has 4 aromatic rings. The van der Waals surface area contributed by atoms with Crippen LogP contribution in [0.3, 0.4) is 0 Å². The summed E-state index contributed by atoms with van der Waals surface area (Å²) in [6.45, 7) is 8.39. The van der Waals surface area contributed by atoms with Crippen LogP contribution in [0.1, 0.15) is 18.1 Å². The molecule has 4 rings (SSSR count). The molecule has 2 heterocycles. The van der Waals surface area contributed by atoms with Gasteiger partial charge in [0.05, 0.1) is 16.2 Å². The Kier molecular flexibility index (Phi) is 5.90. The van der Waals surface area contributed by atoms with Crippen LogP contribution in [0.2, 0.25) is 0 Å². The topological polar surface area (TPSA) is 81.3 Å². The van der Waals surface area contributed by atoms with Gasteiger partial charge in [0.2, 0.25) is 11.7 Å². The average Bonchev–Trinajstić information content (AvgIpc) is 3.19. The van der Waals surface area contributed by atoms with Crippen molar-refractivity contribution in [1.82, 2.24) is 24.5 Å². The predicted octanol–water partition coefficient (Wildman–Crippen LogP) is 3.34. The zero-order chi connectivity index (χ0) is 22.0. The highest BCUT2D eigenvalue weighted by Gasteiger charge is 2.21. The van der Waals surface area contributed by atoms with Crippen LogP contribution in [-0.2, 0) is 17.9 Å². The van der Waals surface area contributed by atoms with E-state index < -0.39 is 5.25 Å². The molecule has 8 heteroatoms. The van der Waals surface area contributed by atoms with E-state index in [0.29, 0.717) is 34.9 Å². The molecule has 0 saturated heterocycles. The predicted molar refractivity (Wildman–Crippen MR) is 123 cm³/mol. The molecule has 0 spiro atoms. The van der Waals surface area contributed by atoms with E-state index in [1.807, 2.05) is 60.7 Å². The lowest BCUT2D eigenvalue weighted by molar-refractivity contribution is -0.120. The van der Waals surface area contributed by atoms with Crippen LogP contribution >= 0.6 is 11.8 Å². The van der Waals surface area contributed by atoms with Gasteiger partial charge in [0.1, 0.15) is 0 Å². The summed E-state index contributed by atoms with van der Waals surface area (Å²) in [4.78, 5) is 25.6. The van der Waals surface area contributed by atoms with Gasteiger partial charge in [-0.3, -0.25) is 18.6 Å². The molecule has 0 aliphatic heterocycles. The van der Waals surface area contributed by atoms with E-state index in [4.69, 9.17) is 0 Å². The normalized spacial score (nSPS) is 12.2. The Balaban J connectivity index is 1.62. The van der Waals surface area contributed by atoms with Gasteiger partial charge in [-0.2, -0.15) is 0 Å². The van der Waals surface area contributed by atoms with Crippen molar-refractivity contribution in [3.63, 3.8) is 0 Å². The Labute approximate surface area is 183 Å². The monoisotopic (exact) mass is 433 g/mol. The van der Waals surface area contributed by atoms with Crippen LogP contribution in [0.5, 0.6) is 0 Å². The molecule has 1 unspecified atom stereocenters. The number of nitrogens with one attached hydrogen (secondary N) is 1. The van der Waals surface area contributed by atoms with Crippen LogP contribution < -0.4 is 10.9 Å². The Morgan fingerprint density at radius 1 is 1.19 bits per heavy atom.